The van der Waals surface area contributed by atoms with Crippen molar-refractivity contribution in [3.05, 3.63) is 17.1 Å². The Labute approximate surface area is 106 Å². The average Bonchev–Trinajstić information content (AvgIpc) is 2.55. The number of hydrogen-bond donors (Lipinski definition) is 2. The number of nitrogens with zero attached hydrogens (tertiary/aromatic N) is 1. The lowest BCUT2D eigenvalue weighted by Gasteiger charge is -2.10. The van der Waals surface area contributed by atoms with Gasteiger partial charge in [0, 0.05) is 6.54 Å². The van der Waals surface area contributed by atoms with Crippen molar-refractivity contribution in [2.75, 3.05) is 17.6 Å². The van der Waals surface area contributed by atoms with Crippen LogP contribution in [0.5, 0.6) is 0 Å². The van der Waals surface area contributed by atoms with E-state index >= 15 is 0 Å². The normalized spacial score (nSPS) is 12.0. The molecule has 0 atom stereocenters. The molecule has 0 spiro atoms. The van der Waals surface area contributed by atoms with Gasteiger partial charge in [0.15, 0.2) is 0 Å². The van der Waals surface area contributed by atoms with Crippen LogP contribution in [0, 0.1) is 6.92 Å². The zero-order valence-corrected chi connectivity index (χ0v) is 10.5. The number of alkyl halides is 3. The van der Waals surface area contributed by atoms with Crippen LogP contribution < -0.4 is 11.1 Å². The highest BCUT2D eigenvalue weighted by atomic mass is 32.1. The molecule has 0 unspecified atom stereocenters. The molecule has 0 saturated heterocycles. The third-order valence-corrected chi connectivity index (χ3v) is 3.32. The van der Waals surface area contributed by atoms with Gasteiger partial charge in [-0.05, 0) is 19.1 Å². The van der Waals surface area contributed by atoms with E-state index in [1.165, 1.54) is 11.3 Å². The van der Waals surface area contributed by atoms with Gasteiger partial charge in [-0.1, -0.05) is 0 Å². The third-order valence-electron chi connectivity index (χ3n) is 2.39. The highest BCUT2D eigenvalue weighted by molar-refractivity contribution is 7.18. The molecule has 7 heteroatoms. The van der Waals surface area contributed by atoms with Gasteiger partial charge in [-0.25, -0.2) is 4.98 Å². The van der Waals surface area contributed by atoms with E-state index in [1.54, 1.807) is 12.1 Å². The van der Waals surface area contributed by atoms with Gasteiger partial charge in [0.25, 0.3) is 0 Å². The smallest absolute Gasteiger partial charge is 0.390 e. The third kappa shape index (κ3) is 3.04. The monoisotopic (exact) mass is 275 g/mol. The van der Waals surface area contributed by atoms with Crippen LogP contribution in [0.3, 0.4) is 0 Å². The summed E-state index contributed by atoms with van der Waals surface area (Å²) >= 11 is 1.50. The van der Waals surface area contributed by atoms with E-state index in [1.807, 2.05) is 6.92 Å². The molecule has 2 aromatic rings. The molecule has 2 rings (SSSR count). The summed E-state index contributed by atoms with van der Waals surface area (Å²) in [5.41, 5.74) is 7.47. The minimum atomic E-state index is -4.16. The number of aryl methyl sites for hydroxylation is 1. The Morgan fingerprint density at radius 2 is 2.11 bits per heavy atom. The number of nitrogens with two attached hydrogens (primary N) is 1. The molecule has 3 nitrogen and oxygen atoms in total. The van der Waals surface area contributed by atoms with Crippen LogP contribution >= 0.6 is 11.3 Å². The van der Waals surface area contributed by atoms with Crippen LogP contribution in [0.25, 0.3) is 10.2 Å². The first-order valence-electron chi connectivity index (χ1n) is 5.32. The molecule has 0 saturated carbocycles. The van der Waals surface area contributed by atoms with Crippen molar-refractivity contribution in [3.63, 3.8) is 0 Å². The molecule has 0 fully saturated rings. The number of nitrogen functional groups attached to an aromatic ring is 1. The van der Waals surface area contributed by atoms with Gasteiger partial charge >= 0.3 is 6.18 Å². The van der Waals surface area contributed by atoms with Gasteiger partial charge in [0.05, 0.1) is 33.0 Å². The fraction of sp³-hybridized carbons (Fsp3) is 0.364. The van der Waals surface area contributed by atoms with E-state index in [4.69, 9.17) is 5.73 Å². The number of anilines is 2. The van der Waals surface area contributed by atoms with Crippen LogP contribution in [0.4, 0.5) is 24.5 Å². The van der Waals surface area contributed by atoms with Crippen molar-refractivity contribution in [3.8, 4) is 0 Å². The Morgan fingerprint density at radius 3 is 2.78 bits per heavy atom. The summed E-state index contributed by atoms with van der Waals surface area (Å²) in [6.45, 7) is 1.68. The van der Waals surface area contributed by atoms with Crippen molar-refractivity contribution >= 4 is 32.9 Å². The molecular weight excluding hydrogens is 263 g/mol. The number of aromatic nitrogens is 1. The molecule has 0 aliphatic rings. The summed E-state index contributed by atoms with van der Waals surface area (Å²) in [7, 11) is 0. The summed E-state index contributed by atoms with van der Waals surface area (Å²) in [5.74, 6) is 0. The Morgan fingerprint density at radius 1 is 1.39 bits per heavy atom. The van der Waals surface area contributed by atoms with Crippen molar-refractivity contribution in [1.82, 2.24) is 4.98 Å². The minimum absolute atomic E-state index is 0.192. The number of halogens is 3. The Kier molecular flexibility index (Phi) is 3.34. The molecule has 3 N–H and O–H groups in total. The Bertz CT molecular complexity index is 562. The van der Waals surface area contributed by atoms with Crippen molar-refractivity contribution in [2.45, 2.75) is 19.5 Å². The van der Waals surface area contributed by atoms with Gasteiger partial charge in [0.1, 0.15) is 0 Å². The average molecular weight is 275 g/mol. The lowest BCUT2D eigenvalue weighted by Crippen LogP contribution is -2.15. The molecule has 1 aromatic carbocycles. The van der Waals surface area contributed by atoms with Crippen molar-refractivity contribution in [1.29, 1.82) is 0 Å². The summed E-state index contributed by atoms with van der Waals surface area (Å²) in [5, 5.41) is 3.59. The number of hydrogen-bond acceptors (Lipinski definition) is 4. The van der Waals surface area contributed by atoms with Crippen LogP contribution in [0.1, 0.15) is 11.4 Å². The summed E-state index contributed by atoms with van der Waals surface area (Å²) in [4.78, 5) is 4.27. The highest BCUT2D eigenvalue weighted by Gasteiger charge is 2.26. The van der Waals surface area contributed by atoms with E-state index in [-0.39, 0.29) is 6.54 Å². The maximum atomic E-state index is 12.0. The predicted octanol–water partition coefficient (Wildman–Crippen LogP) is 3.55. The number of benzene rings is 1. The largest absolute Gasteiger partial charge is 0.397 e. The van der Waals surface area contributed by atoms with E-state index < -0.39 is 12.6 Å². The lowest BCUT2D eigenvalue weighted by molar-refractivity contribution is -0.131. The highest BCUT2D eigenvalue weighted by Crippen LogP contribution is 2.30. The van der Waals surface area contributed by atoms with Crippen LogP contribution in [-0.4, -0.2) is 17.7 Å². The van der Waals surface area contributed by atoms with Gasteiger partial charge in [0.2, 0.25) is 0 Å². The predicted molar refractivity (Wildman–Crippen MR) is 67.9 cm³/mol. The van der Waals surface area contributed by atoms with Gasteiger partial charge < -0.3 is 11.1 Å². The first-order chi connectivity index (χ1) is 8.35. The van der Waals surface area contributed by atoms with Gasteiger partial charge in [-0.15, -0.1) is 11.3 Å². The second-order valence-corrected chi connectivity index (χ2v) is 5.17. The molecule has 1 aromatic heterocycles. The first-order valence-corrected chi connectivity index (χ1v) is 6.14. The Hall–Kier alpha value is -1.50. The zero-order chi connectivity index (χ0) is 13.3. The van der Waals surface area contributed by atoms with E-state index in [2.05, 4.69) is 10.3 Å². The van der Waals surface area contributed by atoms with Crippen LogP contribution in [0.15, 0.2) is 12.1 Å². The topological polar surface area (TPSA) is 50.9 Å². The molecule has 0 amide bonds. The maximum absolute atomic E-state index is 12.0. The molecule has 98 valence electrons. The molecule has 0 radical (unpaired) electrons. The SMILES string of the molecule is Cc1nc2cc(NCCC(F)(F)F)c(N)cc2s1. The van der Waals surface area contributed by atoms with E-state index in [0.717, 1.165) is 15.2 Å². The lowest BCUT2D eigenvalue weighted by atomic mass is 10.2. The van der Waals surface area contributed by atoms with Crippen molar-refractivity contribution in [2.24, 2.45) is 0 Å². The van der Waals surface area contributed by atoms with Crippen molar-refractivity contribution < 1.29 is 13.2 Å². The number of fused-ring (bicyclic) bond motifs is 1. The number of nitrogens with one attached hydrogen (secondary N) is 1. The zero-order valence-electron chi connectivity index (χ0n) is 9.64. The Balaban J connectivity index is 2.15. The molecule has 0 aliphatic heterocycles. The minimum Gasteiger partial charge on any atom is -0.397 e. The first kappa shape index (κ1) is 12.9. The fourth-order valence-electron chi connectivity index (χ4n) is 1.60. The molecule has 0 bridgehead atoms. The molecular formula is C11H12F3N3S. The quantitative estimate of drug-likeness (QED) is 0.842. The van der Waals surface area contributed by atoms with Gasteiger partial charge in [-0.2, -0.15) is 13.2 Å². The summed E-state index contributed by atoms with van der Waals surface area (Å²) < 4.78 is 37.0. The number of thiazole rings is 1. The van der Waals surface area contributed by atoms with Crippen LogP contribution in [-0.2, 0) is 0 Å². The maximum Gasteiger partial charge on any atom is 0.390 e. The van der Waals surface area contributed by atoms with E-state index in [9.17, 15) is 13.2 Å². The standard InChI is InChI=1S/C11H12F3N3S/c1-6-17-9-5-8(7(15)4-10(9)18-6)16-3-2-11(12,13)14/h4-5,16H,2-3,15H2,1H3. The second-order valence-electron chi connectivity index (χ2n) is 3.93. The molecule has 0 aliphatic carbocycles. The molecule has 18 heavy (non-hydrogen) atoms. The second kappa shape index (κ2) is 4.64. The fourth-order valence-corrected chi connectivity index (χ4v) is 2.45. The van der Waals surface area contributed by atoms with E-state index in [0.29, 0.717) is 11.4 Å². The summed E-state index contributed by atoms with van der Waals surface area (Å²) in [6.07, 6.45) is -5.05. The van der Waals surface area contributed by atoms with Gasteiger partial charge in [-0.3, -0.25) is 0 Å². The molecule has 1 heterocycles. The van der Waals surface area contributed by atoms with Crippen LogP contribution in [0.2, 0.25) is 0 Å². The number of rotatable bonds is 3. The summed E-state index contributed by atoms with van der Waals surface area (Å²) in [6, 6.07) is 3.42.